The van der Waals surface area contributed by atoms with Crippen molar-refractivity contribution in [2.45, 2.75) is 11.4 Å². The maximum absolute atomic E-state index is 10.0. The predicted octanol–water partition coefficient (Wildman–Crippen LogP) is -0.427. The molecule has 1 atom stereocenters. The van der Waals surface area contributed by atoms with Gasteiger partial charge in [0.2, 0.25) is 0 Å². The number of aliphatic hydroxyl groups excluding tert-OH is 2. The summed E-state index contributed by atoms with van der Waals surface area (Å²) in [6.07, 6.45) is -0.252. The van der Waals surface area contributed by atoms with Crippen molar-refractivity contribution in [1.29, 1.82) is 0 Å². The number of halogens is 1. The fourth-order valence-corrected chi connectivity index (χ4v) is 0.484. The molecule has 0 aromatic carbocycles. The van der Waals surface area contributed by atoms with Gasteiger partial charge in [0.25, 0.3) is 0 Å². The second kappa shape index (κ2) is 3.70. The standard InChI is InChI=1S/C4H8ClNO4/c5-4(3-8,1-2-7)6(9)10/h7-8H,1-3H2. The third-order valence-corrected chi connectivity index (χ3v) is 1.51. The van der Waals surface area contributed by atoms with Crippen LogP contribution in [0.4, 0.5) is 0 Å². The minimum atomic E-state index is -1.91. The number of aliphatic hydroxyl groups is 2. The van der Waals surface area contributed by atoms with Crippen LogP contribution in [0.1, 0.15) is 6.42 Å². The normalized spacial score (nSPS) is 16.3. The van der Waals surface area contributed by atoms with E-state index in [2.05, 4.69) is 0 Å². The molecule has 0 saturated heterocycles. The highest BCUT2D eigenvalue weighted by molar-refractivity contribution is 6.22. The van der Waals surface area contributed by atoms with Gasteiger partial charge < -0.3 is 10.2 Å². The molecule has 60 valence electrons. The number of nitro groups is 1. The van der Waals surface area contributed by atoms with Gasteiger partial charge in [-0.05, 0) is 11.6 Å². The van der Waals surface area contributed by atoms with Crippen LogP contribution < -0.4 is 0 Å². The van der Waals surface area contributed by atoms with E-state index < -0.39 is 23.1 Å². The molecule has 0 aliphatic heterocycles. The molecule has 0 spiro atoms. The van der Waals surface area contributed by atoms with Crippen LogP contribution in [0, 0.1) is 10.1 Å². The number of alkyl halides is 1. The summed E-state index contributed by atoms with van der Waals surface area (Å²) in [5, 5.41) is 26.7. The topological polar surface area (TPSA) is 83.6 Å². The number of rotatable bonds is 4. The minimum absolute atomic E-state index is 0.252. The lowest BCUT2D eigenvalue weighted by Gasteiger charge is -2.13. The van der Waals surface area contributed by atoms with E-state index in [0.29, 0.717) is 0 Å². The first kappa shape index (κ1) is 9.61. The van der Waals surface area contributed by atoms with Crippen LogP contribution in [-0.4, -0.2) is 33.3 Å². The number of hydrogen-bond acceptors (Lipinski definition) is 4. The first-order valence-electron chi connectivity index (χ1n) is 2.62. The van der Waals surface area contributed by atoms with Crippen LogP contribution in [-0.2, 0) is 0 Å². The number of hydrogen-bond donors (Lipinski definition) is 2. The lowest BCUT2D eigenvalue weighted by molar-refractivity contribution is -0.546. The third kappa shape index (κ3) is 2.09. The summed E-state index contributed by atoms with van der Waals surface area (Å²) in [6.45, 7) is -1.19. The Morgan fingerprint density at radius 1 is 1.60 bits per heavy atom. The Balaban J connectivity index is 4.08. The van der Waals surface area contributed by atoms with E-state index in [1.807, 2.05) is 0 Å². The summed E-state index contributed by atoms with van der Waals surface area (Å²) in [6, 6.07) is 0. The van der Waals surface area contributed by atoms with E-state index in [4.69, 9.17) is 21.8 Å². The summed E-state index contributed by atoms with van der Waals surface area (Å²) < 4.78 is 0. The largest absolute Gasteiger partial charge is 0.396 e. The highest BCUT2D eigenvalue weighted by atomic mass is 35.5. The van der Waals surface area contributed by atoms with Crippen molar-refractivity contribution in [3.05, 3.63) is 10.1 Å². The molecule has 0 rings (SSSR count). The van der Waals surface area contributed by atoms with E-state index in [-0.39, 0.29) is 6.42 Å². The maximum atomic E-state index is 10.0. The molecule has 1 unspecified atom stereocenters. The average Bonchev–Trinajstić information content (AvgIpc) is 1.88. The van der Waals surface area contributed by atoms with Crippen molar-refractivity contribution in [3.8, 4) is 0 Å². The van der Waals surface area contributed by atoms with Crippen molar-refractivity contribution >= 4 is 11.6 Å². The zero-order valence-electron chi connectivity index (χ0n) is 5.16. The Kier molecular flexibility index (Phi) is 3.55. The molecular weight excluding hydrogens is 162 g/mol. The van der Waals surface area contributed by atoms with Crippen LogP contribution in [0.2, 0.25) is 0 Å². The van der Waals surface area contributed by atoms with Gasteiger partial charge in [-0.3, -0.25) is 10.1 Å². The van der Waals surface area contributed by atoms with E-state index in [9.17, 15) is 10.1 Å². The average molecular weight is 170 g/mol. The third-order valence-electron chi connectivity index (χ3n) is 1.06. The van der Waals surface area contributed by atoms with Crippen molar-refractivity contribution in [2.24, 2.45) is 0 Å². The molecule has 5 nitrogen and oxygen atoms in total. The summed E-state index contributed by atoms with van der Waals surface area (Å²) >= 11 is 5.25. The summed E-state index contributed by atoms with van der Waals surface area (Å²) in [4.78, 5) is 7.32. The quantitative estimate of drug-likeness (QED) is 0.259. The Morgan fingerprint density at radius 2 is 2.10 bits per heavy atom. The molecule has 0 saturated carbocycles. The Hall–Kier alpha value is -0.390. The van der Waals surface area contributed by atoms with Gasteiger partial charge in [-0.25, -0.2) is 0 Å². The van der Waals surface area contributed by atoms with Gasteiger partial charge in [0.1, 0.15) is 6.61 Å². The van der Waals surface area contributed by atoms with E-state index >= 15 is 0 Å². The van der Waals surface area contributed by atoms with Gasteiger partial charge in [-0.1, -0.05) is 0 Å². The van der Waals surface area contributed by atoms with Gasteiger partial charge >= 0.3 is 5.00 Å². The summed E-state index contributed by atoms with van der Waals surface area (Å²) in [7, 11) is 0. The van der Waals surface area contributed by atoms with Crippen LogP contribution in [0.3, 0.4) is 0 Å². The van der Waals surface area contributed by atoms with Gasteiger partial charge in [0.05, 0.1) is 13.0 Å². The summed E-state index contributed by atoms with van der Waals surface area (Å²) in [5.41, 5.74) is 0. The van der Waals surface area contributed by atoms with Crippen LogP contribution in [0.25, 0.3) is 0 Å². The fraction of sp³-hybridized carbons (Fsp3) is 1.00. The molecule has 0 aliphatic rings. The van der Waals surface area contributed by atoms with Gasteiger partial charge in [0.15, 0.2) is 0 Å². The van der Waals surface area contributed by atoms with Gasteiger partial charge in [0, 0.05) is 4.92 Å². The minimum Gasteiger partial charge on any atom is -0.396 e. The molecule has 6 heteroatoms. The smallest absolute Gasteiger partial charge is 0.319 e. The Bertz CT molecular complexity index is 130. The lowest BCUT2D eigenvalue weighted by Crippen LogP contribution is -2.36. The van der Waals surface area contributed by atoms with Crippen molar-refractivity contribution in [1.82, 2.24) is 0 Å². The highest BCUT2D eigenvalue weighted by Gasteiger charge is 2.38. The van der Waals surface area contributed by atoms with Crippen LogP contribution in [0.5, 0.6) is 0 Å². The molecular formula is C4H8ClNO4. The van der Waals surface area contributed by atoms with Crippen molar-refractivity contribution in [2.75, 3.05) is 13.2 Å². The van der Waals surface area contributed by atoms with Crippen LogP contribution in [0.15, 0.2) is 0 Å². The van der Waals surface area contributed by atoms with E-state index in [1.54, 1.807) is 0 Å². The molecule has 0 fully saturated rings. The zero-order valence-corrected chi connectivity index (χ0v) is 5.91. The first-order chi connectivity index (χ1) is 4.56. The second-order valence-corrected chi connectivity index (χ2v) is 2.51. The van der Waals surface area contributed by atoms with Gasteiger partial charge in [-0.15, -0.1) is 0 Å². The van der Waals surface area contributed by atoms with Crippen LogP contribution >= 0.6 is 11.6 Å². The fourth-order valence-electron chi connectivity index (χ4n) is 0.399. The molecule has 0 aromatic rings. The zero-order chi connectivity index (χ0) is 8.20. The molecule has 0 heterocycles. The molecule has 0 aromatic heterocycles. The lowest BCUT2D eigenvalue weighted by atomic mass is 10.2. The van der Waals surface area contributed by atoms with Crippen molar-refractivity contribution < 1.29 is 15.1 Å². The Morgan fingerprint density at radius 3 is 2.20 bits per heavy atom. The maximum Gasteiger partial charge on any atom is 0.319 e. The molecule has 0 aliphatic carbocycles. The second-order valence-electron chi connectivity index (χ2n) is 1.81. The van der Waals surface area contributed by atoms with Gasteiger partial charge in [-0.2, -0.15) is 0 Å². The first-order valence-corrected chi connectivity index (χ1v) is 3.00. The molecule has 10 heavy (non-hydrogen) atoms. The monoisotopic (exact) mass is 169 g/mol. The molecule has 2 N–H and O–H groups in total. The predicted molar refractivity (Wildman–Crippen MR) is 34.4 cm³/mol. The van der Waals surface area contributed by atoms with E-state index in [0.717, 1.165) is 0 Å². The highest BCUT2D eigenvalue weighted by Crippen LogP contribution is 2.18. The SMILES string of the molecule is O=[N+]([O-])C(Cl)(CO)CCO. The number of nitrogens with zero attached hydrogens (tertiary/aromatic N) is 1. The molecule has 0 bridgehead atoms. The molecule has 0 radical (unpaired) electrons. The molecule has 0 amide bonds. The summed E-state index contributed by atoms with van der Waals surface area (Å²) in [5.74, 6) is 0. The Labute approximate surface area is 62.4 Å². The van der Waals surface area contributed by atoms with Crippen molar-refractivity contribution in [3.63, 3.8) is 0 Å². The van der Waals surface area contributed by atoms with E-state index in [1.165, 1.54) is 0 Å².